The van der Waals surface area contributed by atoms with Crippen LogP contribution < -0.4 is 10.1 Å². The first-order chi connectivity index (χ1) is 11.2. The second-order valence-corrected chi connectivity index (χ2v) is 5.50. The molecule has 3 heterocycles. The van der Waals surface area contributed by atoms with Crippen LogP contribution >= 0.6 is 0 Å². The highest BCUT2D eigenvalue weighted by Gasteiger charge is 2.33. The molecule has 2 aromatic heterocycles. The molecule has 23 heavy (non-hydrogen) atoms. The Balaban J connectivity index is 1.64. The predicted octanol–water partition coefficient (Wildman–Crippen LogP) is 1.01. The highest BCUT2D eigenvalue weighted by atomic mass is 16.5. The van der Waals surface area contributed by atoms with E-state index in [1.807, 2.05) is 29.9 Å². The molecule has 0 aromatic carbocycles. The normalized spacial score (nSPS) is 20.4. The van der Waals surface area contributed by atoms with Crippen molar-refractivity contribution in [2.75, 3.05) is 13.7 Å². The minimum atomic E-state index is -0.211. The number of aryl methyl sites for hydroxylation is 1. The van der Waals surface area contributed by atoms with E-state index in [1.165, 1.54) is 0 Å². The van der Waals surface area contributed by atoms with Crippen molar-refractivity contribution < 1.29 is 14.3 Å². The maximum atomic E-state index is 12.3. The van der Waals surface area contributed by atoms with Gasteiger partial charge in [-0.2, -0.15) is 0 Å². The van der Waals surface area contributed by atoms with Gasteiger partial charge in [-0.1, -0.05) is 6.07 Å². The summed E-state index contributed by atoms with van der Waals surface area (Å²) in [5.41, 5.74) is 0.675. The van der Waals surface area contributed by atoms with Gasteiger partial charge in [0.1, 0.15) is 11.9 Å². The lowest BCUT2D eigenvalue weighted by Gasteiger charge is -2.19. The van der Waals surface area contributed by atoms with Crippen LogP contribution in [0.25, 0.3) is 0 Å². The zero-order chi connectivity index (χ0) is 16.2. The second-order valence-electron chi connectivity index (χ2n) is 5.50. The molecule has 122 valence electrons. The molecule has 0 bridgehead atoms. The summed E-state index contributed by atoms with van der Waals surface area (Å²) in [5, 5.41) is 3.03. The van der Waals surface area contributed by atoms with Gasteiger partial charge in [0.15, 0.2) is 0 Å². The van der Waals surface area contributed by atoms with Gasteiger partial charge in [0, 0.05) is 32.1 Å². The summed E-state index contributed by atoms with van der Waals surface area (Å²) in [7, 11) is 3.47. The average Bonchev–Trinajstić information content (AvgIpc) is 3.15. The monoisotopic (exact) mass is 316 g/mol. The van der Waals surface area contributed by atoms with Crippen LogP contribution in [0.4, 0.5) is 0 Å². The summed E-state index contributed by atoms with van der Waals surface area (Å²) < 4.78 is 12.7. The smallest absolute Gasteiger partial charge is 0.226 e. The van der Waals surface area contributed by atoms with E-state index in [-0.39, 0.29) is 24.5 Å². The van der Waals surface area contributed by atoms with E-state index in [1.54, 1.807) is 19.4 Å². The van der Waals surface area contributed by atoms with Crippen LogP contribution in [0, 0.1) is 0 Å². The lowest BCUT2D eigenvalue weighted by molar-refractivity contribution is -0.121. The van der Waals surface area contributed by atoms with Crippen molar-refractivity contribution in [1.29, 1.82) is 0 Å². The van der Waals surface area contributed by atoms with Crippen molar-refractivity contribution >= 4 is 5.91 Å². The highest BCUT2D eigenvalue weighted by Crippen LogP contribution is 2.27. The fourth-order valence-corrected chi connectivity index (χ4v) is 2.74. The third-order valence-electron chi connectivity index (χ3n) is 3.88. The Morgan fingerprint density at radius 1 is 1.52 bits per heavy atom. The van der Waals surface area contributed by atoms with Gasteiger partial charge in [-0.3, -0.25) is 4.79 Å². The molecule has 1 aliphatic heterocycles. The van der Waals surface area contributed by atoms with Crippen LogP contribution in [0.15, 0.2) is 30.6 Å². The summed E-state index contributed by atoms with van der Waals surface area (Å²) in [4.78, 5) is 20.9. The molecule has 0 saturated carbocycles. The Morgan fingerprint density at radius 3 is 3.13 bits per heavy atom. The fraction of sp³-hybridized carbons (Fsp3) is 0.438. The van der Waals surface area contributed by atoms with Crippen LogP contribution in [0.1, 0.15) is 24.0 Å². The van der Waals surface area contributed by atoms with E-state index in [9.17, 15) is 4.79 Å². The Hall–Kier alpha value is -2.41. The third-order valence-corrected chi connectivity index (χ3v) is 3.88. The Kier molecular flexibility index (Phi) is 4.57. The maximum absolute atomic E-state index is 12.3. The van der Waals surface area contributed by atoms with Crippen molar-refractivity contribution in [3.05, 3.63) is 42.1 Å². The molecule has 2 atom stereocenters. The third kappa shape index (κ3) is 3.50. The molecule has 0 aliphatic carbocycles. The van der Waals surface area contributed by atoms with Crippen LogP contribution in [0.5, 0.6) is 5.88 Å². The van der Waals surface area contributed by atoms with Crippen molar-refractivity contribution in [3.63, 3.8) is 0 Å². The van der Waals surface area contributed by atoms with Crippen molar-refractivity contribution in [2.45, 2.75) is 25.0 Å². The fourth-order valence-electron chi connectivity index (χ4n) is 2.74. The first-order valence-electron chi connectivity index (χ1n) is 7.55. The van der Waals surface area contributed by atoms with Crippen LogP contribution in [-0.4, -0.2) is 40.2 Å². The van der Waals surface area contributed by atoms with Gasteiger partial charge in [-0.15, -0.1) is 0 Å². The molecule has 0 spiro atoms. The molecule has 1 amide bonds. The predicted molar refractivity (Wildman–Crippen MR) is 82.9 cm³/mol. The van der Waals surface area contributed by atoms with Crippen molar-refractivity contribution in [1.82, 2.24) is 19.9 Å². The van der Waals surface area contributed by atoms with E-state index in [4.69, 9.17) is 9.47 Å². The highest BCUT2D eigenvalue weighted by molar-refractivity contribution is 5.78. The summed E-state index contributed by atoms with van der Waals surface area (Å²) in [6.07, 6.45) is 4.37. The molecule has 1 saturated heterocycles. The van der Waals surface area contributed by atoms with Crippen LogP contribution in [-0.2, 0) is 23.0 Å². The Morgan fingerprint density at radius 2 is 2.39 bits per heavy atom. The van der Waals surface area contributed by atoms with Gasteiger partial charge < -0.3 is 19.4 Å². The van der Waals surface area contributed by atoms with Crippen LogP contribution in [0.2, 0.25) is 0 Å². The van der Waals surface area contributed by atoms with E-state index in [2.05, 4.69) is 15.3 Å². The number of imidazole rings is 1. The molecule has 1 fully saturated rings. The summed E-state index contributed by atoms with van der Waals surface area (Å²) in [6, 6.07) is 5.31. The molecule has 7 nitrogen and oxygen atoms in total. The van der Waals surface area contributed by atoms with E-state index >= 15 is 0 Å². The number of amides is 1. The number of aromatic nitrogens is 3. The molecule has 1 N–H and O–H groups in total. The second kappa shape index (κ2) is 6.78. The quantitative estimate of drug-likeness (QED) is 0.891. The van der Waals surface area contributed by atoms with Crippen LogP contribution in [0.3, 0.4) is 0 Å². The first-order valence-corrected chi connectivity index (χ1v) is 7.55. The number of pyridine rings is 1. The van der Waals surface area contributed by atoms with Gasteiger partial charge in [-0.05, 0) is 12.5 Å². The summed E-state index contributed by atoms with van der Waals surface area (Å²) >= 11 is 0. The lowest BCUT2D eigenvalue weighted by Crippen LogP contribution is -2.38. The molecule has 3 rings (SSSR count). The van der Waals surface area contributed by atoms with E-state index in [0.717, 1.165) is 12.2 Å². The van der Waals surface area contributed by atoms with Crippen molar-refractivity contribution in [2.24, 2.45) is 7.05 Å². The number of hydrogen-bond acceptors (Lipinski definition) is 5. The molecule has 2 aromatic rings. The molecular weight excluding hydrogens is 296 g/mol. The Labute approximate surface area is 134 Å². The standard InChI is InChI=1S/C16H20N4O3/c1-20-8-7-17-16(20)15-12(6-9-23-15)19-13(21)10-11-4-3-5-14(18-11)22-2/h3-5,7-8,12,15H,6,9-10H2,1-2H3,(H,19,21)/t12-,15-/m0/s1. The maximum Gasteiger partial charge on any atom is 0.226 e. The average molecular weight is 316 g/mol. The molecular formula is C16H20N4O3. The van der Waals surface area contributed by atoms with Gasteiger partial charge in [-0.25, -0.2) is 9.97 Å². The Bertz CT molecular complexity index is 685. The molecule has 0 unspecified atom stereocenters. The number of methoxy groups -OCH3 is 1. The largest absolute Gasteiger partial charge is 0.481 e. The van der Waals surface area contributed by atoms with Gasteiger partial charge >= 0.3 is 0 Å². The summed E-state index contributed by atoms with van der Waals surface area (Å²) in [5.74, 6) is 1.25. The van der Waals surface area contributed by atoms with Crippen molar-refractivity contribution in [3.8, 4) is 5.88 Å². The van der Waals surface area contributed by atoms with E-state index in [0.29, 0.717) is 18.2 Å². The lowest BCUT2D eigenvalue weighted by atomic mass is 10.1. The minimum Gasteiger partial charge on any atom is -0.481 e. The topological polar surface area (TPSA) is 78.3 Å². The number of hydrogen-bond donors (Lipinski definition) is 1. The first kappa shape index (κ1) is 15.5. The van der Waals surface area contributed by atoms with Gasteiger partial charge in [0.05, 0.1) is 25.3 Å². The zero-order valence-electron chi connectivity index (χ0n) is 13.2. The number of ether oxygens (including phenoxy) is 2. The summed E-state index contributed by atoms with van der Waals surface area (Å²) in [6.45, 7) is 0.611. The van der Waals surface area contributed by atoms with Gasteiger partial charge in [0.25, 0.3) is 0 Å². The number of rotatable bonds is 5. The minimum absolute atomic E-state index is 0.0748. The number of nitrogens with zero attached hydrogens (tertiary/aromatic N) is 3. The zero-order valence-corrected chi connectivity index (χ0v) is 13.2. The molecule has 0 radical (unpaired) electrons. The number of nitrogens with one attached hydrogen (secondary N) is 1. The number of carbonyl (C=O) groups is 1. The number of carbonyl (C=O) groups excluding carboxylic acids is 1. The SMILES string of the molecule is COc1cccc(CC(=O)N[C@H]2CCO[C@@H]2c2nccn2C)n1. The van der Waals surface area contributed by atoms with E-state index < -0.39 is 0 Å². The molecule has 1 aliphatic rings. The van der Waals surface area contributed by atoms with Gasteiger partial charge in [0.2, 0.25) is 11.8 Å². The molecule has 7 heteroatoms.